The normalized spacial score (nSPS) is 13.0. The Kier molecular flexibility index (Phi) is 6.89. The van der Waals surface area contributed by atoms with Crippen molar-refractivity contribution in [3.05, 3.63) is 29.8 Å². The van der Waals surface area contributed by atoms with E-state index >= 15 is 0 Å². The number of hydrogen-bond acceptors (Lipinski definition) is 3. The van der Waals surface area contributed by atoms with E-state index in [1.165, 1.54) is 5.56 Å². The van der Waals surface area contributed by atoms with E-state index in [1.807, 2.05) is 12.1 Å². The van der Waals surface area contributed by atoms with Gasteiger partial charge in [0.15, 0.2) is 0 Å². The molecule has 19 heavy (non-hydrogen) atoms. The van der Waals surface area contributed by atoms with Gasteiger partial charge in [0.05, 0.1) is 7.11 Å². The molecule has 1 unspecified atom stereocenters. The molecule has 0 aliphatic rings. The minimum absolute atomic E-state index is 0.455. The Balaban J connectivity index is 2.36. The van der Waals surface area contributed by atoms with Crippen LogP contribution in [0, 0.1) is 0 Å². The first-order valence-electron chi connectivity index (χ1n) is 7.10. The van der Waals surface area contributed by atoms with Gasteiger partial charge >= 0.3 is 0 Å². The molecule has 0 saturated carbocycles. The molecule has 1 atom stereocenters. The Bertz CT molecular complexity index is 366. The molecule has 3 nitrogen and oxygen atoms in total. The number of nitrogens with zero attached hydrogens (tertiary/aromatic N) is 1. The second-order valence-corrected chi connectivity index (χ2v) is 5.45. The van der Waals surface area contributed by atoms with Gasteiger partial charge in [0.1, 0.15) is 5.75 Å². The molecule has 0 aliphatic heterocycles. The predicted molar refractivity (Wildman–Crippen MR) is 81.9 cm³/mol. The summed E-state index contributed by atoms with van der Waals surface area (Å²) in [7, 11) is 3.89. The number of para-hydroxylation sites is 1. The molecule has 0 spiro atoms. The van der Waals surface area contributed by atoms with Crippen molar-refractivity contribution in [1.82, 2.24) is 10.2 Å². The van der Waals surface area contributed by atoms with Crippen molar-refractivity contribution in [2.75, 3.05) is 27.2 Å². The highest BCUT2D eigenvalue weighted by Gasteiger charge is 2.08. The third kappa shape index (κ3) is 5.62. The molecule has 1 N–H and O–H groups in total. The molecule has 0 amide bonds. The molecule has 0 aromatic heterocycles. The van der Waals surface area contributed by atoms with Gasteiger partial charge in [-0.05, 0) is 45.9 Å². The first kappa shape index (κ1) is 16.0. The molecular weight excluding hydrogens is 236 g/mol. The average molecular weight is 264 g/mol. The van der Waals surface area contributed by atoms with Gasteiger partial charge in [-0.15, -0.1) is 0 Å². The van der Waals surface area contributed by atoms with Gasteiger partial charge in [0.25, 0.3) is 0 Å². The lowest BCUT2D eigenvalue weighted by Gasteiger charge is -2.22. The van der Waals surface area contributed by atoms with Crippen LogP contribution >= 0.6 is 0 Å². The molecule has 0 saturated heterocycles. The average Bonchev–Trinajstić information content (AvgIpc) is 2.39. The molecule has 1 rings (SSSR count). The van der Waals surface area contributed by atoms with Crippen LogP contribution in [0.5, 0.6) is 5.75 Å². The van der Waals surface area contributed by atoms with Crippen molar-refractivity contribution in [1.29, 1.82) is 0 Å². The summed E-state index contributed by atoms with van der Waals surface area (Å²) in [5.41, 5.74) is 1.27. The zero-order valence-corrected chi connectivity index (χ0v) is 12.9. The summed E-state index contributed by atoms with van der Waals surface area (Å²) in [4.78, 5) is 2.35. The fraction of sp³-hybridized carbons (Fsp3) is 0.625. The van der Waals surface area contributed by atoms with Gasteiger partial charge in [0, 0.05) is 25.2 Å². The van der Waals surface area contributed by atoms with Gasteiger partial charge in [0.2, 0.25) is 0 Å². The second kappa shape index (κ2) is 8.18. The van der Waals surface area contributed by atoms with Crippen LogP contribution in [0.3, 0.4) is 0 Å². The van der Waals surface area contributed by atoms with Gasteiger partial charge in [-0.2, -0.15) is 0 Å². The predicted octanol–water partition coefficient (Wildman–Crippen LogP) is 2.56. The van der Waals surface area contributed by atoms with E-state index in [1.54, 1.807) is 7.11 Å². The van der Waals surface area contributed by atoms with Crippen molar-refractivity contribution >= 4 is 0 Å². The van der Waals surface area contributed by atoms with Crippen molar-refractivity contribution < 1.29 is 4.74 Å². The first-order chi connectivity index (χ1) is 9.04. The van der Waals surface area contributed by atoms with Crippen LogP contribution in [-0.4, -0.2) is 44.2 Å². The van der Waals surface area contributed by atoms with Crippen LogP contribution < -0.4 is 10.1 Å². The van der Waals surface area contributed by atoms with E-state index in [0.29, 0.717) is 12.1 Å². The van der Waals surface area contributed by atoms with Crippen LogP contribution in [0.15, 0.2) is 24.3 Å². The van der Waals surface area contributed by atoms with E-state index in [2.05, 4.69) is 50.2 Å². The summed E-state index contributed by atoms with van der Waals surface area (Å²) >= 11 is 0. The summed E-state index contributed by atoms with van der Waals surface area (Å²) in [6.07, 6.45) is 0.995. The van der Waals surface area contributed by atoms with Gasteiger partial charge < -0.3 is 15.0 Å². The second-order valence-electron chi connectivity index (χ2n) is 5.45. The fourth-order valence-electron chi connectivity index (χ4n) is 2.02. The third-order valence-corrected chi connectivity index (χ3v) is 3.56. The Morgan fingerprint density at radius 3 is 2.53 bits per heavy atom. The Labute approximate surface area is 118 Å². The molecule has 0 radical (unpaired) electrons. The highest BCUT2D eigenvalue weighted by molar-refractivity contribution is 5.33. The van der Waals surface area contributed by atoms with Crippen LogP contribution in [0.4, 0.5) is 0 Å². The van der Waals surface area contributed by atoms with Gasteiger partial charge in [-0.3, -0.25) is 0 Å². The van der Waals surface area contributed by atoms with E-state index in [0.717, 1.165) is 25.3 Å². The molecule has 1 aromatic carbocycles. The lowest BCUT2D eigenvalue weighted by molar-refractivity contribution is 0.269. The van der Waals surface area contributed by atoms with E-state index in [9.17, 15) is 0 Å². The van der Waals surface area contributed by atoms with Crippen molar-refractivity contribution in [2.24, 2.45) is 0 Å². The number of ether oxygens (including phenoxy) is 1. The number of methoxy groups -OCH3 is 1. The first-order valence-corrected chi connectivity index (χ1v) is 7.10. The molecule has 0 aliphatic carbocycles. The lowest BCUT2D eigenvalue weighted by Crippen LogP contribution is -2.37. The SMILES string of the molecule is COc1ccccc1CC(C)NCCN(C)C(C)C. The number of nitrogens with one attached hydrogen (secondary N) is 1. The van der Waals surface area contributed by atoms with Gasteiger partial charge in [-0.25, -0.2) is 0 Å². The maximum atomic E-state index is 5.38. The Hall–Kier alpha value is -1.06. The monoisotopic (exact) mass is 264 g/mol. The summed E-state index contributed by atoms with van der Waals surface area (Å²) in [6, 6.07) is 9.30. The Morgan fingerprint density at radius 1 is 1.21 bits per heavy atom. The molecule has 0 fully saturated rings. The van der Waals surface area contributed by atoms with Crippen molar-refractivity contribution in [3.8, 4) is 5.75 Å². The highest BCUT2D eigenvalue weighted by atomic mass is 16.5. The third-order valence-electron chi connectivity index (χ3n) is 3.56. The smallest absolute Gasteiger partial charge is 0.122 e. The molecule has 3 heteroatoms. The zero-order valence-electron chi connectivity index (χ0n) is 12.9. The van der Waals surface area contributed by atoms with Crippen molar-refractivity contribution in [2.45, 2.75) is 39.3 Å². The molecule has 0 bridgehead atoms. The summed E-state index contributed by atoms with van der Waals surface area (Å²) in [6.45, 7) is 8.76. The maximum absolute atomic E-state index is 5.38. The lowest BCUT2D eigenvalue weighted by atomic mass is 10.1. The molecular formula is C16H28N2O. The summed E-state index contributed by atoms with van der Waals surface area (Å²) in [5.74, 6) is 0.982. The standard InChI is InChI=1S/C16H28N2O/c1-13(2)18(4)11-10-17-14(3)12-15-8-6-7-9-16(15)19-5/h6-9,13-14,17H,10-12H2,1-5H3. The zero-order chi connectivity index (χ0) is 14.3. The highest BCUT2D eigenvalue weighted by Crippen LogP contribution is 2.18. The van der Waals surface area contributed by atoms with E-state index < -0.39 is 0 Å². The molecule has 108 valence electrons. The van der Waals surface area contributed by atoms with Crippen LogP contribution in [-0.2, 0) is 6.42 Å². The number of hydrogen-bond donors (Lipinski definition) is 1. The molecule has 0 heterocycles. The number of benzene rings is 1. The van der Waals surface area contributed by atoms with Crippen LogP contribution in [0.25, 0.3) is 0 Å². The maximum Gasteiger partial charge on any atom is 0.122 e. The number of likely N-dealkylation sites (N-methyl/N-ethyl adjacent to an activating group) is 1. The minimum atomic E-state index is 0.455. The van der Waals surface area contributed by atoms with Gasteiger partial charge in [-0.1, -0.05) is 18.2 Å². The minimum Gasteiger partial charge on any atom is -0.496 e. The van der Waals surface area contributed by atoms with E-state index in [-0.39, 0.29) is 0 Å². The fourth-order valence-corrected chi connectivity index (χ4v) is 2.02. The van der Waals surface area contributed by atoms with Crippen LogP contribution in [0.1, 0.15) is 26.3 Å². The topological polar surface area (TPSA) is 24.5 Å². The van der Waals surface area contributed by atoms with E-state index in [4.69, 9.17) is 4.74 Å². The van der Waals surface area contributed by atoms with Crippen LogP contribution in [0.2, 0.25) is 0 Å². The number of rotatable bonds is 8. The Morgan fingerprint density at radius 2 is 1.89 bits per heavy atom. The van der Waals surface area contributed by atoms with Crippen molar-refractivity contribution in [3.63, 3.8) is 0 Å². The molecule has 1 aromatic rings. The summed E-state index contributed by atoms with van der Waals surface area (Å²) in [5, 5.41) is 3.57. The quantitative estimate of drug-likeness (QED) is 0.781. The largest absolute Gasteiger partial charge is 0.496 e. The summed E-state index contributed by atoms with van der Waals surface area (Å²) < 4.78 is 5.38.